The first kappa shape index (κ1) is 14.8. The SMILES string of the molecule is O=C1NC2CCCC[C@H]2N1C1CCN(C2CCNCC2)CC1. The zero-order valence-electron chi connectivity index (χ0n) is 13.6. The molecule has 2 N–H and O–H groups in total. The molecule has 5 nitrogen and oxygen atoms in total. The van der Waals surface area contributed by atoms with E-state index in [2.05, 4.69) is 20.4 Å². The maximum atomic E-state index is 12.4. The van der Waals surface area contributed by atoms with Gasteiger partial charge in [0, 0.05) is 25.2 Å². The van der Waals surface area contributed by atoms with Crippen LogP contribution in [0.4, 0.5) is 4.79 Å². The Kier molecular flexibility index (Phi) is 4.27. The molecule has 3 heterocycles. The Morgan fingerprint density at radius 2 is 1.59 bits per heavy atom. The van der Waals surface area contributed by atoms with Crippen molar-refractivity contribution in [2.75, 3.05) is 26.2 Å². The van der Waals surface area contributed by atoms with Crippen molar-refractivity contribution in [3.05, 3.63) is 0 Å². The summed E-state index contributed by atoms with van der Waals surface area (Å²) < 4.78 is 0. The molecule has 0 radical (unpaired) electrons. The van der Waals surface area contributed by atoms with Crippen molar-refractivity contribution >= 4 is 6.03 Å². The Hall–Kier alpha value is -0.810. The van der Waals surface area contributed by atoms with Crippen molar-refractivity contribution in [3.8, 4) is 0 Å². The number of amides is 2. The minimum atomic E-state index is 0.220. The van der Waals surface area contributed by atoms with Crippen LogP contribution in [0, 0.1) is 0 Å². The highest BCUT2D eigenvalue weighted by Gasteiger charge is 2.44. The predicted octanol–water partition coefficient (Wildman–Crippen LogP) is 1.54. The van der Waals surface area contributed by atoms with Crippen molar-refractivity contribution in [1.82, 2.24) is 20.4 Å². The van der Waals surface area contributed by atoms with Gasteiger partial charge in [0.25, 0.3) is 0 Å². The number of fused-ring (bicyclic) bond motifs is 1. The molecule has 3 aliphatic heterocycles. The van der Waals surface area contributed by atoms with Crippen molar-refractivity contribution in [3.63, 3.8) is 0 Å². The molecule has 2 amide bonds. The van der Waals surface area contributed by atoms with E-state index in [1.165, 1.54) is 77.5 Å². The van der Waals surface area contributed by atoms with Crippen LogP contribution in [0.1, 0.15) is 51.4 Å². The number of likely N-dealkylation sites (tertiary alicyclic amines) is 1. The second-order valence-electron chi connectivity index (χ2n) is 7.56. The Morgan fingerprint density at radius 3 is 2.36 bits per heavy atom. The van der Waals surface area contributed by atoms with Gasteiger partial charge in [-0.1, -0.05) is 12.8 Å². The summed E-state index contributed by atoms with van der Waals surface area (Å²) in [4.78, 5) is 17.3. The normalized spacial score (nSPS) is 35.5. The van der Waals surface area contributed by atoms with E-state index in [1.807, 2.05) is 0 Å². The first-order chi connectivity index (χ1) is 10.8. The Labute approximate surface area is 133 Å². The quantitative estimate of drug-likeness (QED) is 0.813. The highest BCUT2D eigenvalue weighted by Crippen LogP contribution is 2.32. The van der Waals surface area contributed by atoms with Crippen LogP contribution in [0.25, 0.3) is 0 Å². The molecule has 0 aromatic heterocycles. The third kappa shape index (κ3) is 2.73. The number of urea groups is 1. The van der Waals surface area contributed by atoms with Crippen LogP contribution in [-0.2, 0) is 0 Å². The monoisotopic (exact) mass is 306 g/mol. The summed E-state index contributed by atoms with van der Waals surface area (Å²) in [6, 6.07) is 2.39. The van der Waals surface area contributed by atoms with E-state index in [1.54, 1.807) is 0 Å². The third-order valence-corrected chi connectivity index (χ3v) is 6.35. The smallest absolute Gasteiger partial charge is 0.318 e. The minimum absolute atomic E-state index is 0.220. The second kappa shape index (κ2) is 6.36. The fourth-order valence-electron chi connectivity index (χ4n) is 5.13. The van der Waals surface area contributed by atoms with Gasteiger partial charge in [0.1, 0.15) is 0 Å². The lowest BCUT2D eigenvalue weighted by Gasteiger charge is -2.43. The lowest BCUT2D eigenvalue weighted by Crippen LogP contribution is -2.53. The van der Waals surface area contributed by atoms with E-state index >= 15 is 0 Å². The number of carbonyl (C=O) groups is 1. The zero-order valence-corrected chi connectivity index (χ0v) is 13.6. The molecule has 0 spiro atoms. The van der Waals surface area contributed by atoms with Crippen LogP contribution < -0.4 is 10.6 Å². The summed E-state index contributed by atoms with van der Waals surface area (Å²) in [6.07, 6.45) is 9.88. The van der Waals surface area contributed by atoms with E-state index < -0.39 is 0 Å². The molecule has 22 heavy (non-hydrogen) atoms. The molecular formula is C17H30N4O. The molecule has 124 valence electrons. The molecular weight excluding hydrogens is 276 g/mol. The fraction of sp³-hybridized carbons (Fsp3) is 0.941. The van der Waals surface area contributed by atoms with Crippen LogP contribution in [0.15, 0.2) is 0 Å². The molecule has 0 aromatic carbocycles. The summed E-state index contributed by atoms with van der Waals surface area (Å²) in [7, 11) is 0. The van der Waals surface area contributed by atoms with Crippen molar-refractivity contribution in [1.29, 1.82) is 0 Å². The van der Waals surface area contributed by atoms with Gasteiger partial charge < -0.3 is 20.4 Å². The summed E-state index contributed by atoms with van der Waals surface area (Å²) in [5.41, 5.74) is 0. The Bertz CT molecular complexity index is 401. The van der Waals surface area contributed by atoms with Crippen molar-refractivity contribution in [2.24, 2.45) is 0 Å². The van der Waals surface area contributed by atoms with Gasteiger partial charge in [0.2, 0.25) is 0 Å². The average Bonchev–Trinajstić information content (AvgIpc) is 2.91. The fourth-order valence-corrected chi connectivity index (χ4v) is 5.13. The molecule has 5 heteroatoms. The van der Waals surface area contributed by atoms with Gasteiger partial charge in [-0.25, -0.2) is 4.79 Å². The molecule has 0 aromatic rings. The highest BCUT2D eigenvalue weighted by molar-refractivity contribution is 5.78. The number of piperidine rings is 2. The number of nitrogens with zero attached hydrogens (tertiary/aromatic N) is 2. The first-order valence-corrected chi connectivity index (χ1v) is 9.36. The second-order valence-corrected chi connectivity index (χ2v) is 7.56. The third-order valence-electron chi connectivity index (χ3n) is 6.35. The van der Waals surface area contributed by atoms with Gasteiger partial charge in [-0.05, 0) is 51.6 Å². The number of rotatable bonds is 2. The first-order valence-electron chi connectivity index (χ1n) is 9.36. The summed E-state index contributed by atoms with van der Waals surface area (Å²) in [5.74, 6) is 0. The predicted molar refractivity (Wildman–Crippen MR) is 86.9 cm³/mol. The number of nitrogens with one attached hydrogen (secondary N) is 2. The molecule has 2 atom stereocenters. The van der Waals surface area contributed by atoms with Crippen LogP contribution >= 0.6 is 0 Å². The maximum absolute atomic E-state index is 12.4. The van der Waals surface area contributed by atoms with Crippen LogP contribution in [-0.4, -0.2) is 66.2 Å². The lowest BCUT2D eigenvalue weighted by atomic mass is 9.89. The van der Waals surface area contributed by atoms with E-state index in [-0.39, 0.29) is 6.03 Å². The highest BCUT2D eigenvalue weighted by atomic mass is 16.2. The van der Waals surface area contributed by atoms with E-state index in [9.17, 15) is 4.79 Å². The molecule has 4 fully saturated rings. The van der Waals surface area contributed by atoms with Gasteiger partial charge in [0.05, 0.1) is 12.1 Å². The molecule has 4 rings (SSSR count). The molecule has 1 saturated carbocycles. The summed E-state index contributed by atoms with van der Waals surface area (Å²) >= 11 is 0. The van der Waals surface area contributed by atoms with Crippen LogP contribution in [0.2, 0.25) is 0 Å². The topological polar surface area (TPSA) is 47.6 Å². The summed E-state index contributed by atoms with van der Waals surface area (Å²) in [6.45, 7) is 4.69. The largest absolute Gasteiger partial charge is 0.333 e. The Balaban J connectivity index is 1.35. The van der Waals surface area contributed by atoms with E-state index in [0.29, 0.717) is 18.1 Å². The lowest BCUT2D eigenvalue weighted by molar-refractivity contribution is 0.0725. The maximum Gasteiger partial charge on any atom is 0.318 e. The van der Waals surface area contributed by atoms with Crippen LogP contribution in [0.5, 0.6) is 0 Å². The molecule has 0 bridgehead atoms. The van der Waals surface area contributed by atoms with Gasteiger partial charge in [-0.2, -0.15) is 0 Å². The molecule has 4 aliphatic rings. The van der Waals surface area contributed by atoms with Gasteiger partial charge in [-0.3, -0.25) is 0 Å². The minimum Gasteiger partial charge on any atom is -0.333 e. The van der Waals surface area contributed by atoms with E-state index in [4.69, 9.17) is 0 Å². The van der Waals surface area contributed by atoms with Gasteiger partial charge in [0.15, 0.2) is 0 Å². The Morgan fingerprint density at radius 1 is 0.864 bits per heavy atom. The molecule has 1 aliphatic carbocycles. The van der Waals surface area contributed by atoms with Crippen molar-refractivity contribution in [2.45, 2.75) is 75.5 Å². The van der Waals surface area contributed by atoms with Gasteiger partial charge in [-0.15, -0.1) is 0 Å². The molecule has 1 unspecified atom stereocenters. The summed E-state index contributed by atoms with van der Waals surface area (Å²) in [5, 5.41) is 6.70. The van der Waals surface area contributed by atoms with E-state index in [0.717, 1.165) is 6.04 Å². The average molecular weight is 306 g/mol. The van der Waals surface area contributed by atoms with Gasteiger partial charge >= 0.3 is 6.03 Å². The number of hydrogen-bond acceptors (Lipinski definition) is 3. The van der Waals surface area contributed by atoms with Crippen molar-refractivity contribution < 1.29 is 4.79 Å². The zero-order chi connectivity index (χ0) is 14.9. The van der Waals surface area contributed by atoms with Crippen LogP contribution in [0.3, 0.4) is 0 Å². The number of hydrogen-bond donors (Lipinski definition) is 2. The number of carbonyl (C=O) groups excluding carboxylic acids is 1. The molecule has 3 saturated heterocycles. The standard InChI is InChI=1S/C17H30N4O/c22-17-19-15-3-1-2-4-16(15)21(17)14-7-11-20(12-8-14)13-5-9-18-10-6-13/h13-16,18H,1-12H2,(H,19,22)/t15?,16-/m1/s1.